The van der Waals surface area contributed by atoms with E-state index in [1.165, 1.54) is 17.8 Å². The van der Waals surface area contributed by atoms with Crippen LogP contribution in [0.15, 0.2) is 60.7 Å². The van der Waals surface area contributed by atoms with Crippen LogP contribution in [0.3, 0.4) is 0 Å². The van der Waals surface area contributed by atoms with Gasteiger partial charge in [0.2, 0.25) is 0 Å². The van der Waals surface area contributed by atoms with Crippen molar-refractivity contribution >= 4 is 0 Å². The second-order valence-corrected chi connectivity index (χ2v) is 6.59. The number of aryl methyl sites for hydroxylation is 1. The van der Waals surface area contributed by atoms with Crippen LogP contribution < -0.4 is 10.1 Å². The molecule has 1 atom stereocenters. The molecule has 4 nitrogen and oxygen atoms in total. The van der Waals surface area contributed by atoms with Gasteiger partial charge in [-0.05, 0) is 48.7 Å². The smallest absolute Gasteiger partial charge is 0.132 e. The lowest BCUT2D eigenvalue weighted by atomic mass is 10.0. The number of hydrogen-bond donors (Lipinski definition) is 1. The van der Waals surface area contributed by atoms with E-state index >= 15 is 0 Å². The molecule has 1 aromatic heterocycles. The van der Waals surface area contributed by atoms with Gasteiger partial charge in [0.15, 0.2) is 0 Å². The molecule has 3 aromatic rings. The highest BCUT2D eigenvalue weighted by atomic mass is 19.1. The summed E-state index contributed by atoms with van der Waals surface area (Å²) in [5.41, 5.74) is 3.22. The van der Waals surface area contributed by atoms with Crippen molar-refractivity contribution in [1.82, 2.24) is 15.1 Å². The van der Waals surface area contributed by atoms with Crippen LogP contribution in [0.1, 0.15) is 35.8 Å². The highest BCUT2D eigenvalue weighted by Gasteiger charge is 2.22. The second kappa shape index (κ2) is 7.70. The van der Waals surface area contributed by atoms with Crippen LogP contribution in [0, 0.1) is 5.82 Å². The van der Waals surface area contributed by atoms with Gasteiger partial charge in [0.1, 0.15) is 23.9 Å². The van der Waals surface area contributed by atoms with E-state index in [1.54, 1.807) is 0 Å². The Morgan fingerprint density at radius 3 is 2.73 bits per heavy atom. The minimum absolute atomic E-state index is 0.201. The average Bonchev–Trinajstić information content (AvgIpc) is 3.10. The summed E-state index contributed by atoms with van der Waals surface area (Å²) < 4.78 is 20.9. The zero-order valence-corrected chi connectivity index (χ0v) is 14.6. The molecular weight excluding hydrogens is 329 g/mol. The van der Waals surface area contributed by atoms with E-state index in [0.717, 1.165) is 36.4 Å². The third kappa shape index (κ3) is 3.94. The Balaban J connectivity index is 1.40. The fourth-order valence-corrected chi connectivity index (χ4v) is 3.33. The molecule has 26 heavy (non-hydrogen) atoms. The van der Waals surface area contributed by atoms with Gasteiger partial charge in [0, 0.05) is 19.1 Å². The van der Waals surface area contributed by atoms with Gasteiger partial charge in [-0.25, -0.2) is 4.39 Å². The Morgan fingerprint density at radius 1 is 1.12 bits per heavy atom. The largest absolute Gasteiger partial charge is 0.487 e. The van der Waals surface area contributed by atoms with Crippen LogP contribution in [0.25, 0.3) is 0 Å². The molecule has 4 rings (SSSR count). The van der Waals surface area contributed by atoms with E-state index < -0.39 is 0 Å². The van der Waals surface area contributed by atoms with Crippen molar-refractivity contribution in [3.05, 3.63) is 83.4 Å². The monoisotopic (exact) mass is 351 g/mol. The van der Waals surface area contributed by atoms with E-state index in [0.29, 0.717) is 13.2 Å². The number of rotatable bonds is 6. The van der Waals surface area contributed by atoms with Gasteiger partial charge in [-0.2, -0.15) is 5.10 Å². The van der Waals surface area contributed by atoms with Gasteiger partial charge < -0.3 is 10.1 Å². The van der Waals surface area contributed by atoms with Crippen LogP contribution in [-0.4, -0.2) is 9.78 Å². The standard InChI is InChI=1S/C21H22FN3O/c22-17-10-8-16(9-11-17)14-23-20-7-4-12-25-21(20)13-18(24-25)15-26-19-5-2-1-3-6-19/h1-3,5-6,8-11,13,20,23H,4,7,12,14-15H2. The Morgan fingerprint density at radius 2 is 1.92 bits per heavy atom. The van der Waals surface area contributed by atoms with Crippen LogP contribution in [0.5, 0.6) is 5.75 Å². The molecule has 2 heterocycles. The third-order valence-corrected chi connectivity index (χ3v) is 4.68. The van der Waals surface area contributed by atoms with E-state index in [9.17, 15) is 4.39 Å². The summed E-state index contributed by atoms with van der Waals surface area (Å²) in [6.07, 6.45) is 2.17. The summed E-state index contributed by atoms with van der Waals surface area (Å²) in [7, 11) is 0. The second-order valence-electron chi connectivity index (χ2n) is 6.59. The van der Waals surface area contributed by atoms with E-state index in [2.05, 4.69) is 21.2 Å². The van der Waals surface area contributed by atoms with E-state index in [1.807, 2.05) is 42.5 Å². The van der Waals surface area contributed by atoms with E-state index in [-0.39, 0.29) is 11.9 Å². The number of aromatic nitrogens is 2. The average molecular weight is 351 g/mol. The topological polar surface area (TPSA) is 39.1 Å². The van der Waals surface area contributed by atoms with Gasteiger partial charge in [-0.15, -0.1) is 0 Å². The quantitative estimate of drug-likeness (QED) is 0.722. The molecule has 5 heteroatoms. The first-order valence-electron chi connectivity index (χ1n) is 9.00. The molecule has 0 amide bonds. The maximum Gasteiger partial charge on any atom is 0.132 e. The van der Waals surface area contributed by atoms with Gasteiger partial charge in [0.25, 0.3) is 0 Å². The molecule has 0 saturated carbocycles. The maximum atomic E-state index is 13.0. The lowest BCUT2D eigenvalue weighted by Gasteiger charge is -2.24. The molecule has 0 saturated heterocycles. The van der Waals surface area contributed by atoms with Crippen molar-refractivity contribution in [2.75, 3.05) is 0 Å². The van der Waals surface area contributed by atoms with Crippen LogP contribution >= 0.6 is 0 Å². The molecule has 0 fully saturated rings. The molecule has 1 N–H and O–H groups in total. The lowest BCUT2D eigenvalue weighted by Crippen LogP contribution is -2.27. The molecular formula is C21H22FN3O. The maximum absolute atomic E-state index is 13.0. The molecule has 0 aliphatic carbocycles. The number of para-hydroxylation sites is 1. The van der Waals surface area contributed by atoms with Crippen molar-refractivity contribution < 1.29 is 9.13 Å². The minimum Gasteiger partial charge on any atom is -0.487 e. The van der Waals surface area contributed by atoms with Gasteiger partial charge >= 0.3 is 0 Å². The molecule has 0 bridgehead atoms. The summed E-state index contributed by atoms with van der Waals surface area (Å²) in [6, 6.07) is 18.8. The SMILES string of the molecule is Fc1ccc(CNC2CCCn3nc(COc4ccccc4)cc32)cc1. The Kier molecular flexibility index (Phi) is 4.97. The normalized spacial score (nSPS) is 16.3. The fraction of sp³-hybridized carbons (Fsp3) is 0.286. The molecule has 2 aromatic carbocycles. The number of ether oxygens (including phenoxy) is 1. The third-order valence-electron chi connectivity index (χ3n) is 4.68. The Labute approximate surface area is 152 Å². The summed E-state index contributed by atoms with van der Waals surface area (Å²) in [5.74, 6) is 0.650. The zero-order chi connectivity index (χ0) is 17.8. The summed E-state index contributed by atoms with van der Waals surface area (Å²) in [6.45, 7) is 2.12. The number of halogens is 1. The first-order chi connectivity index (χ1) is 12.8. The van der Waals surface area contributed by atoms with Crippen molar-refractivity contribution in [2.24, 2.45) is 0 Å². The molecule has 0 spiro atoms. The molecule has 0 radical (unpaired) electrons. The highest BCUT2D eigenvalue weighted by Crippen LogP contribution is 2.26. The summed E-state index contributed by atoms with van der Waals surface area (Å²) in [4.78, 5) is 0. The minimum atomic E-state index is -0.201. The van der Waals surface area contributed by atoms with Gasteiger partial charge in [0.05, 0.1) is 5.69 Å². The summed E-state index contributed by atoms with van der Waals surface area (Å²) in [5, 5.41) is 8.26. The van der Waals surface area contributed by atoms with Crippen molar-refractivity contribution in [3.63, 3.8) is 0 Å². The zero-order valence-electron chi connectivity index (χ0n) is 14.6. The lowest BCUT2D eigenvalue weighted by molar-refractivity contribution is 0.298. The Bertz CT molecular complexity index is 845. The molecule has 134 valence electrons. The number of fused-ring (bicyclic) bond motifs is 1. The molecule has 1 aliphatic heterocycles. The number of benzene rings is 2. The van der Waals surface area contributed by atoms with Crippen LogP contribution in [0.2, 0.25) is 0 Å². The first-order valence-corrected chi connectivity index (χ1v) is 9.00. The van der Waals surface area contributed by atoms with Gasteiger partial charge in [-0.1, -0.05) is 30.3 Å². The fourth-order valence-electron chi connectivity index (χ4n) is 3.33. The number of nitrogens with one attached hydrogen (secondary N) is 1. The van der Waals surface area contributed by atoms with Crippen LogP contribution in [-0.2, 0) is 19.7 Å². The molecule has 1 unspecified atom stereocenters. The van der Waals surface area contributed by atoms with Crippen molar-refractivity contribution in [2.45, 2.75) is 38.6 Å². The van der Waals surface area contributed by atoms with Crippen molar-refractivity contribution in [3.8, 4) is 5.75 Å². The Hall–Kier alpha value is -2.66. The van der Waals surface area contributed by atoms with Crippen molar-refractivity contribution in [1.29, 1.82) is 0 Å². The van der Waals surface area contributed by atoms with Gasteiger partial charge in [-0.3, -0.25) is 4.68 Å². The van der Waals surface area contributed by atoms with E-state index in [4.69, 9.17) is 4.74 Å². The number of nitrogens with zero attached hydrogens (tertiary/aromatic N) is 2. The predicted octanol–water partition coefficient (Wildman–Crippen LogP) is 4.23. The highest BCUT2D eigenvalue weighted by molar-refractivity contribution is 5.22. The summed E-state index contributed by atoms with van der Waals surface area (Å²) >= 11 is 0. The number of hydrogen-bond acceptors (Lipinski definition) is 3. The first kappa shape index (κ1) is 16.8. The molecule has 1 aliphatic rings. The predicted molar refractivity (Wildman–Crippen MR) is 98.2 cm³/mol. The van der Waals surface area contributed by atoms with Crippen LogP contribution in [0.4, 0.5) is 4.39 Å².